The monoisotopic (exact) mass is 371 g/mol. The summed E-state index contributed by atoms with van der Waals surface area (Å²) in [5, 5.41) is 10.5. The topological polar surface area (TPSA) is 72.6 Å². The summed E-state index contributed by atoms with van der Waals surface area (Å²) in [6, 6.07) is 5.57. The molecule has 0 bridgehead atoms. The van der Waals surface area contributed by atoms with Crippen LogP contribution in [0.2, 0.25) is 0 Å². The van der Waals surface area contributed by atoms with Crippen LogP contribution in [-0.4, -0.2) is 23.2 Å². The number of hydrogen-bond acceptors (Lipinski definition) is 4. The summed E-state index contributed by atoms with van der Waals surface area (Å²) in [5.41, 5.74) is 8.78. The second-order valence-electron chi connectivity index (χ2n) is 9.60. The number of carbonyl (C=O) groups excluding carboxylic acids is 1. The van der Waals surface area contributed by atoms with Crippen LogP contribution in [-0.2, 0) is 11.2 Å². The third-order valence-electron chi connectivity index (χ3n) is 7.86. The Hall–Kier alpha value is -1.39. The molecule has 0 radical (unpaired) electrons. The smallest absolute Gasteiger partial charge is 0.328 e. The Balaban J connectivity index is 1.54. The van der Waals surface area contributed by atoms with Gasteiger partial charge in [-0.25, -0.2) is 4.79 Å². The fraction of sp³-hybridized carbons (Fsp3) is 0.696. The molecule has 0 unspecified atom stereocenters. The lowest BCUT2D eigenvalue weighted by Crippen LogP contribution is -2.43. The van der Waals surface area contributed by atoms with Gasteiger partial charge in [-0.1, -0.05) is 26.8 Å². The molecule has 0 saturated heterocycles. The van der Waals surface area contributed by atoms with Crippen LogP contribution in [0.1, 0.15) is 69.9 Å². The fourth-order valence-corrected chi connectivity index (χ4v) is 6.05. The third-order valence-corrected chi connectivity index (χ3v) is 7.86. The van der Waals surface area contributed by atoms with Crippen LogP contribution in [0.5, 0.6) is 5.75 Å². The minimum absolute atomic E-state index is 0.0641. The molecule has 0 aliphatic heterocycles. The maximum Gasteiger partial charge on any atom is 0.328 e. The number of hydrogen-bond donors (Lipinski definition) is 2. The number of fused-ring (bicyclic) bond motifs is 5. The molecular formula is C23H33NO3. The number of carbonyl (C=O) groups is 1. The highest BCUT2D eigenvalue weighted by Gasteiger charge is 2.54. The highest BCUT2D eigenvalue weighted by Crippen LogP contribution is 2.60. The van der Waals surface area contributed by atoms with Gasteiger partial charge >= 0.3 is 5.97 Å². The van der Waals surface area contributed by atoms with Crippen molar-refractivity contribution in [3.8, 4) is 5.75 Å². The van der Waals surface area contributed by atoms with Crippen LogP contribution in [0.4, 0.5) is 0 Å². The van der Waals surface area contributed by atoms with E-state index in [0.717, 1.165) is 32.1 Å². The Labute approximate surface area is 162 Å². The summed E-state index contributed by atoms with van der Waals surface area (Å²) >= 11 is 0. The van der Waals surface area contributed by atoms with E-state index in [1.54, 1.807) is 0 Å². The number of aliphatic hydroxyl groups excluding tert-OH is 1. The van der Waals surface area contributed by atoms with Crippen LogP contribution < -0.4 is 10.5 Å². The minimum atomic E-state index is -0.588. The van der Waals surface area contributed by atoms with Crippen molar-refractivity contribution < 1.29 is 14.6 Å². The van der Waals surface area contributed by atoms with Crippen molar-refractivity contribution >= 4 is 5.97 Å². The molecule has 4 heteroatoms. The number of ether oxygens (including phenoxy) is 1. The Morgan fingerprint density at radius 3 is 2.78 bits per heavy atom. The van der Waals surface area contributed by atoms with E-state index in [2.05, 4.69) is 13.0 Å². The molecule has 2 saturated carbocycles. The average Bonchev–Trinajstić information content (AvgIpc) is 2.95. The van der Waals surface area contributed by atoms with E-state index in [-0.39, 0.29) is 23.4 Å². The molecule has 0 amide bonds. The van der Waals surface area contributed by atoms with Crippen molar-refractivity contribution in [3.05, 3.63) is 29.3 Å². The van der Waals surface area contributed by atoms with Crippen molar-refractivity contribution in [2.75, 3.05) is 0 Å². The molecule has 0 aromatic heterocycles. The SMILES string of the molecule is CC(C)[C@H](N)C(=O)Oc1ccc2c(c1)CC[C@@H]1[C@H]2CC[C@]2(C)[C@@H](O)CC[C@@H]12. The van der Waals surface area contributed by atoms with Crippen LogP contribution in [0, 0.1) is 23.2 Å². The maximum atomic E-state index is 12.2. The molecule has 3 N–H and O–H groups in total. The van der Waals surface area contributed by atoms with Crippen LogP contribution in [0.25, 0.3) is 0 Å². The first-order chi connectivity index (χ1) is 12.8. The molecule has 3 aliphatic carbocycles. The molecule has 148 valence electrons. The first-order valence-electron chi connectivity index (χ1n) is 10.6. The normalized spacial score (nSPS) is 35.9. The van der Waals surface area contributed by atoms with Crippen LogP contribution >= 0.6 is 0 Å². The van der Waals surface area contributed by atoms with Crippen molar-refractivity contribution in [2.24, 2.45) is 28.9 Å². The number of esters is 1. The van der Waals surface area contributed by atoms with Gasteiger partial charge < -0.3 is 15.6 Å². The van der Waals surface area contributed by atoms with Crippen LogP contribution in [0.3, 0.4) is 0 Å². The predicted molar refractivity (Wildman–Crippen MR) is 106 cm³/mol. The molecule has 4 nitrogen and oxygen atoms in total. The van der Waals surface area contributed by atoms with Gasteiger partial charge in [0.25, 0.3) is 0 Å². The Bertz CT molecular complexity index is 730. The van der Waals surface area contributed by atoms with Gasteiger partial charge in [-0.2, -0.15) is 0 Å². The number of aryl methyl sites for hydroxylation is 1. The molecule has 0 heterocycles. The molecule has 4 rings (SSSR count). The summed E-state index contributed by atoms with van der Waals surface area (Å²) in [4.78, 5) is 12.2. The minimum Gasteiger partial charge on any atom is -0.425 e. The van der Waals surface area contributed by atoms with Crippen molar-refractivity contribution in [1.82, 2.24) is 0 Å². The van der Waals surface area contributed by atoms with Gasteiger partial charge in [0.1, 0.15) is 11.8 Å². The van der Waals surface area contributed by atoms with E-state index in [4.69, 9.17) is 10.5 Å². The Morgan fingerprint density at radius 1 is 1.26 bits per heavy atom. The second kappa shape index (κ2) is 6.89. The van der Waals surface area contributed by atoms with Gasteiger partial charge in [-0.3, -0.25) is 0 Å². The van der Waals surface area contributed by atoms with E-state index < -0.39 is 6.04 Å². The lowest BCUT2D eigenvalue weighted by atomic mass is 9.55. The van der Waals surface area contributed by atoms with Gasteiger partial charge in [0, 0.05) is 0 Å². The predicted octanol–water partition coefficient (Wildman–Crippen LogP) is 3.79. The maximum absolute atomic E-state index is 12.2. The van der Waals surface area contributed by atoms with E-state index >= 15 is 0 Å². The highest BCUT2D eigenvalue weighted by atomic mass is 16.5. The number of aliphatic hydroxyl groups is 1. The van der Waals surface area contributed by atoms with E-state index in [0.29, 0.717) is 23.5 Å². The Kier molecular flexibility index (Phi) is 4.84. The summed E-state index contributed by atoms with van der Waals surface area (Å²) in [6.45, 7) is 6.16. The van der Waals surface area contributed by atoms with E-state index in [1.807, 2.05) is 26.0 Å². The fourth-order valence-electron chi connectivity index (χ4n) is 6.05. The number of benzene rings is 1. The molecule has 1 aromatic rings. The standard InChI is InChI=1S/C23H33NO3/c1-13(2)21(24)22(26)27-15-5-7-16-14(12-15)4-6-18-17(16)10-11-23(3)19(18)8-9-20(23)25/h5,7,12-13,17-21,25H,4,6,8-11,24H2,1-3H3/t17-,18+,19-,20-,21-,23-/m0/s1. The molecule has 3 aliphatic rings. The summed E-state index contributed by atoms with van der Waals surface area (Å²) < 4.78 is 5.54. The Morgan fingerprint density at radius 2 is 2.04 bits per heavy atom. The van der Waals surface area contributed by atoms with Crippen LogP contribution in [0.15, 0.2) is 18.2 Å². The van der Waals surface area contributed by atoms with Crippen molar-refractivity contribution in [2.45, 2.75) is 77.4 Å². The molecule has 6 atom stereocenters. The third kappa shape index (κ3) is 3.11. The van der Waals surface area contributed by atoms with Gasteiger partial charge in [0.2, 0.25) is 0 Å². The number of nitrogens with two attached hydrogens (primary N) is 1. The zero-order valence-corrected chi connectivity index (χ0v) is 16.8. The summed E-state index contributed by atoms with van der Waals surface area (Å²) in [6.07, 6.45) is 6.46. The lowest BCUT2D eigenvalue weighted by Gasteiger charge is -2.50. The summed E-state index contributed by atoms with van der Waals surface area (Å²) in [5.74, 6) is 2.23. The quantitative estimate of drug-likeness (QED) is 0.626. The number of rotatable bonds is 3. The first-order valence-corrected chi connectivity index (χ1v) is 10.6. The van der Waals surface area contributed by atoms with Gasteiger partial charge in [-0.05, 0) is 90.9 Å². The highest BCUT2D eigenvalue weighted by molar-refractivity contribution is 5.78. The largest absolute Gasteiger partial charge is 0.425 e. The molecule has 27 heavy (non-hydrogen) atoms. The zero-order chi connectivity index (χ0) is 19.3. The summed E-state index contributed by atoms with van der Waals surface area (Å²) in [7, 11) is 0. The van der Waals surface area contributed by atoms with Crippen molar-refractivity contribution in [1.29, 1.82) is 0 Å². The van der Waals surface area contributed by atoms with Crippen molar-refractivity contribution in [3.63, 3.8) is 0 Å². The van der Waals surface area contributed by atoms with E-state index in [9.17, 15) is 9.90 Å². The zero-order valence-electron chi connectivity index (χ0n) is 16.8. The van der Waals surface area contributed by atoms with Gasteiger partial charge in [0.05, 0.1) is 6.10 Å². The molecule has 2 fully saturated rings. The second-order valence-corrected chi connectivity index (χ2v) is 9.60. The van der Waals surface area contributed by atoms with Gasteiger partial charge in [-0.15, -0.1) is 0 Å². The van der Waals surface area contributed by atoms with E-state index in [1.165, 1.54) is 17.5 Å². The molecular weight excluding hydrogens is 338 g/mol. The molecule has 0 spiro atoms. The van der Waals surface area contributed by atoms with Gasteiger partial charge in [0.15, 0.2) is 0 Å². The average molecular weight is 372 g/mol. The first kappa shape index (κ1) is 18.9. The molecule has 1 aromatic carbocycles. The lowest BCUT2D eigenvalue weighted by molar-refractivity contribution is -0.136.